The van der Waals surface area contributed by atoms with E-state index in [2.05, 4.69) is 3.53 Å². The topological polar surface area (TPSA) is 58.6 Å². The van der Waals surface area contributed by atoms with Crippen molar-refractivity contribution in [1.29, 1.82) is 0 Å². The predicted octanol–water partition coefficient (Wildman–Crippen LogP) is -2.58. The van der Waals surface area contributed by atoms with Gasteiger partial charge in [0.2, 0.25) is 0 Å². The van der Waals surface area contributed by atoms with E-state index in [1.807, 2.05) is 0 Å². The summed E-state index contributed by atoms with van der Waals surface area (Å²) in [6.45, 7) is 5.30. The Bertz CT molecular complexity index is 121. The molecule has 5 heteroatoms. The zero-order chi connectivity index (χ0) is 8.20. The van der Waals surface area contributed by atoms with Gasteiger partial charge in [-0.15, -0.1) is 0 Å². The van der Waals surface area contributed by atoms with E-state index in [9.17, 15) is 4.79 Å². The Balaban J connectivity index is 3.58. The van der Waals surface area contributed by atoms with Gasteiger partial charge in [-0.1, -0.05) is 0 Å². The van der Waals surface area contributed by atoms with Gasteiger partial charge in [0, 0.05) is 0 Å². The van der Waals surface area contributed by atoms with Crippen LogP contribution in [-0.4, -0.2) is 15.1 Å². The molecule has 0 rings (SSSR count). The molecular formula is C5H11INO3-. The normalized spacial score (nSPS) is 11.2. The number of carbonyl (C=O) groups is 1. The first kappa shape index (κ1) is 9.96. The van der Waals surface area contributed by atoms with Gasteiger partial charge in [-0.25, -0.2) is 0 Å². The summed E-state index contributed by atoms with van der Waals surface area (Å²) in [6, 6.07) is 0. The second-order valence-electron chi connectivity index (χ2n) is 2.68. The second-order valence-corrected chi connectivity index (χ2v) is 3.70. The van der Waals surface area contributed by atoms with E-state index in [0.717, 1.165) is 0 Å². The van der Waals surface area contributed by atoms with Crippen molar-refractivity contribution < 1.29 is 34.9 Å². The average molecular weight is 260 g/mol. The minimum atomic E-state index is -1.21. The van der Waals surface area contributed by atoms with E-state index in [1.54, 1.807) is 20.8 Å². The molecule has 1 amide bonds. The quantitative estimate of drug-likeness (QED) is 0.402. The molecule has 0 aromatic heterocycles. The van der Waals surface area contributed by atoms with Gasteiger partial charge >= 0.3 is 70.9 Å². The molecule has 0 saturated carbocycles. The molecule has 0 atom stereocenters. The van der Waals surface area contributed by atoms with E-state index in [0.29, 0.717) is 0 Å². The third kappa shape index (κ3) is 6.09. The van der Waals surface area contributed by atoms with Crippen LogP contribution in [0.1, 0.15) is 20.8 Å². The van der Waals surface area contributed by atoms with Crippen LogP contribution in [0.4, 0.5) is 4.79 Å². The molecule has 0 aliphatic rings. The second kappa shape index (κ2) is 3.97. The van der Waals surface area contributed by atoms with Crippen molar-refractivity contribution in [1.82, 2.24) is 3.53 Å². The van der Waals surface area contributed by atoms with Crippen LogP contribution in [0.2, 0.25) is 0 Å². The van der Waals surface area contributed by atoms with Gasteiger partial charge in [0.15, 0.2) is 0 Å². The molecule has 0 aromatic rings. The molecule has 0 radical (unpaired) electrons. The Morgan fingerprint density at radius 1 is 1.60 bits per heavy atom. The number of rotatable bonds is 1. The van der Waals surface area contributed by atoms with Crippen LogP contribution in [0.25, 0.3) is 0 Å². The first-order chi connectivity index (χ1) is 4.45. The van der Waals surface area contributed by atoms with Gasteiger partial charge in [-0.3, -0.25) is 0 Å². The Kier molecular flexibility index (Phi) is 3.95. The van der Waals surface area contributed by atoms with Crippen molar-refractivity contribution in [3.8, 4) is 0 Å². The summed E-state index contributed by atoms with van der Waals surface area (Å²) in [7, 11) is 0. The molecule has 0 aliphatic heterocycles. The van der Waals surface area contributed by atoms with E-state index in [1.165, 1.54) is 0 Å². The van der Waals surface area contributed by atoms with Crippen molar-refractivity contribution in [2.24, 2.45) is 0 Å². The van der Waals surface area contributed by atoms with E-state index < -0.39 is 33.6 Å². The predicted molar refractivity (Wildman–Crippen MR) is 31.6 cm³/mol. The van der Waals surface area contributed by atoms with Crippen molar-refractivity contribution in [3.63, 3.8) is 0 Å². The minimum absolute atomic E-state index is 0.483. The zero-order valence-corrected chi connectivity index (χ0v) is 8.30. The third-order valence-electron chi connectivity index (χ3n) is 0.518. The third-order valence-corrected chi connectivity index (χ3v) is 1.20. The molecule has 10 heavy (non-hydrogen) atoms. The number of ether oxygens (including phenoxy) is 1. The molecule has 0 saturated heterocycles. The summed E-state index contributed by atoms with van der Waals surface area (Å²) in [6.07, 6.45) is -0.553. The Hall–Kier alpha value is -0.0400. The standard InChI is InChI=1S/C5H11INO3/c1-5(2,3)10-4(8)7-6-9/h9H,1-3H3,(H,7,8)/q-1. The van der Waals surface area contributed by atoms with Crippen molar-refractivity contribution in [2.75, 3.05) is 0 Å². The maximum atomic E-state index is 10.6. The van der Waals surface area contributed by atoms with Crippen LogP contribution in [0.5, 0.6) is 0 Å². The molecular weight excluding hydrogens is 249 g/mol. The maximum absolute atomic E-state index is 10.6. The molecule has 0 spiro atoms. The van der Waals surface area contributed by atoms with Crippen LogP contribution >= 0.6 is 0 Å². The van der Waals surface area contributed by atoms with Crippen LogP contribution in [0.3, 0.4) is 0 Å². The van der Waals surface area contributed by atoms with Gasteiger partial charge in [-0.05, 0) is 0 Å². The van der Waals surface area contributed by atoms with Gasteiger partial charge in [-0.2, -0.15) is 0 Å². The van der Waals surface area contributed by atoms with Gasteiger partial charge in [0.05, 0.1) is 0 Å². The molecule has 0 fully saturated rings. The molecule has 0 aliphatic carbocycles. The molecule has 0 bridgehead atoms. The number of carbonyl (C=O) groups excluding carboxylic acids is 1. The number of hydrogen-bond acceptors (Lipinski definition) is 3. The Morgan fingerprint density at radius 2 is 2.10 bits per heavy atom. The van der Waals surface area contributed by atoms with Gasteiger partial charge in [0.25, 0.3) is 0 Å². The molecule has 0 aromatic carbocycles. The fraction of sp³-hybridized carbons (Fsp3) is 0.800. The number of halogens is 1. The number of amides is 1. The van der Waals surface area contributed by atoms with Crippen LogP contribution < -0.4 is 25.4 Å². The van der Waals surface area contributed by atoms with E-state index in [-0.39, 0.29) is 0 Å². The van der Waals surface area contributed by atoms with Crippen LogP contribution in [-0.2, 0) is 4.74 Å². The van der Waals surface area contributed by atoms with Crippen molar-refractivity contribution in [3.05, 3.63) is 0 Å². The summed E-state index contributed by atoms with van der Waals surface area (Å²) in [5.74, 6) is 0. The summed E-state index contributed by atoms with van der Waals surface area (Å²) in [4.78, 5) is 10.6. The molecule has 2 N–H and O–H groups in total. The molecule has 0 unspecified atom stereocenters. The van der Waals surface area contributed by atoms with Crippen molar-refractivity contribution in [2.45, 2.75) is 26.4 Å². The first-order valence-electron chi connectivity index (χ1n) is 2.72. The average Bonchev–Trinajstić information content (AvgIpc) is 1.59. The number of hydrogen-bond donors (Lipinski definition) is 2. The summed E-state index contributed by atoms with van der Waals surface area (Å²) in [5.41, 5.74) is -0.483. The fourth-order valence-corrected chi connectivity index (χ4v) is 0.639. The molecule has 4 nitrogen and oxygen atoms in total. The summed E-state index contributed by atoms with van der Waals surface area (Å²) >= 11 is -1.21. The zero-order valence-electron chi connectivity index (χ0n) is 6.14. The van der Waals surface area contributed by atoms with E-state index >= 15 is 0 Å². The van der Waals surface area contributed by atoms with E-state index in [4.69, 9.17) is 8.17 Å². The van der Waals surface area contributed by atoms with Crippen LogP contribution in [0, 0.1) is 0 Å². The molecule has 0 heterocycles. The Labute approximate surface area is 71.1 Å². The first-order valence-corrected chi connectivity index (χ1v) is 4.76. The number of nitrogens with one attached hydrogen (secondary N) is 1. The van der Waals surface area contributed by atoms with Crippen molar-refractivity contribution >= 4 is 6.09 Å². The Morgan fingerprint density at radius 3 is 2.40 bits per heavy atom. The van der Waals surface area contributed by atoms with Crippen LogP contribution in [0.15, 0.2) is 0 Å². The monoisotopic (exact) mass is 260 g/mol. The molecule has 62 valence electrons. The summed E-state index contributed by atoms with van der Waals surface area (Å²) in [5, 5.41) is 0. The summed E-state index contributed by atoms with van der Waals surface area (Å²) < 4.78 is 15.3. The van der Waals surface area contributed by atoms with Gasteiger partial charge < -0.3 is 0 Å². The fourth-order valence-electron chi connectivity index (χ4n) is 0.332. The SMILES string of the molecule is CC(C)(C)OC(=O)N[I-]O. The van der Waals surface area contributed by atoms with Gasteiger partial charge in [0.1, 0.15) is 0 Å².